The molecule has 0 spiro atoms. The van der Waals surface area contributed by atoms with Crippen LogP contribution in [0.25, 0.3) is 0 Å². The van der Waals surface area contributed by atoms with Gasteiger partial charge in [0.15, 0.2) is 12.6 Å². The lowest BCUT2D eigenvalue weighted by molar-refractivity contribution is -0.359. The van der Waals surface area contributed by atoms with E-state index >= 15 is 0 Å². The van der Waals surface area contributed by atoms with Crippen LogP contribution < -0.4 is 5.32 Å². The van der Waals surface area contributed by atoms with Gasteiger partial charge in [0, 0.05) is 6.42 Å². The number of ether oxygens (including phenoxy) is 4. The van der Waals surface area contributed by atoms with Crippen molar-refractivity contribution in [2.45, 2.75) is 312 Å². The summed E-state index contributed by atoms with van der Waals surface area (Å²) in [6.07, 6.45) is 37.7. The maximum absolute atomic E-state index is 13.2. The number of rotatable bonds is 47. The van der Waals surface area contributed by atoms with Crippen LogP contribution in [0.1, 0.15) is 239 Å². The van der Waals surface area contributed by atoms with Gasteiger partial charge in [-0.25, -0.2) is 0 Å². The minimum absolute atomic E-state index is 0.258. The fourth-order valence-electron chi connectivity index (χ4n) is 9.71. The number of hydrogen-bond acceptors (Lipinski definition) is 13. The van der Waals surface area contributed by atoms with Crippen LogP contribution in [0, 0.1) is 0 Å². The van der Waals surface area contributed by atoms with E-state index in [2.05, 4.69) is 43.5 Å². The smallest absolute Gasteiger partial charge is 0.220 e. The Kier molecular flexibility index (Phi) is 41.7. The first-order chi connectivity index (χ1) is 35.6. The van der Waals surface area contributed by atoms with E-state index in [9.17, 15) is 45.6 Å². The van der Waals surface area contributed by atoms with Gasteiger partial charge in [-0.1, -0.05) is 211 Å². The van der Waals surface area contributed by atoms with Crippen LogP contribution in [0.5, 0.6) is 0 Å². The van der Waals surface area contributed by atoms with E-state index in [-0.39, 0.29) is 18.9 Å². The molecule has 73 heavy (non-hydrogen) atoms. The Morgan fingerprint density at radius 3 is 1.36 bits per heavy atom. The van der Waals surface area contributed by atoms with E-state index in [0.29, 0.717) is 12.8 Å². The summed E-state index contributed by atoms with van der Waals surface area (Å²) in [6, 6.07) is -0.934. The molecule has 0 aromatic rings. The number of aliphatic hydroxyl groups excluding tert-OH is 8. The van der Waals surface area contributed by atoms with Crippen LogP contribution >= 0.6 is 0 Å². The number of nitrogens with one attached hydrogen (secondary N) is 1. The van der Waals surface area contributed by atoms with Gasteiger partial charge >= 0.3 is 0 Å². The lowest BCUT2D eigenvalue weighted by Crippen LogP contribution is -2.65. The summed E-state index contributed by atoms with van der Waals surface area (Å²) in [6.45, 7) is 2.76. The van der Waals surface area contributed by atoms with E-state index in [4.69, 9.17) is 18.9 Å². The lowest BCUT2D eigenvalue weighted by Gasteiger charge is -2.46. The molecule has 0 aromatic carbocycles. The lowest BCUT2D eigenvalue weighted by atomic mass is 9.97. The summed E-state index contributed by atoms with van der Waals surface area (Å²) >= 11 is 0. The van der Waals surface area contributed by atoms with E-state index in [1.165, 1.54) is 154 Å². The van der Waals surface area contributed by atoms with Gasteiger partial charge in [-0.05, 0) is 57.8 Å². The number of unbranched alkanes of at least 4 members (excludes halogenated alkanes) is 30. The minimum Gasteiger partial charge on any atom is -0.394 e. The average Bonchev–Trinajstić information content (AvgIpc) is 3.39. The highest BCUT2D eigenvalue weighted by molar-refractivity contribution is 5.76. The van der Waals surface area contributed by atoms with Crippen molar-refractivity contribution in [1.29, 1.82) is 0 Å². The fourth-order valence-corrected chi connectivity index (χ4v) is 9.71. The van der Waals surface area contributed by atoms with Crippen LogP contribution in [0.2, 0.25) is 0 Å². The maximum atomic E-state index is 13.2. The molecule has 14 nitrogen and oxygen atoms in total. The fraction of sp³-hybridized carbons (Fsp3) is 0.881. The standard InChI is InChI=1S/C59H109NO13/c1-3-5-7-9-11-13-15-17-18-19-20-21-22-23-24-25-26-27-28-29-31-32-34-36-38-40-42-48(63)47(60-51(64)43-41-39-37-35-33-30-16-14-12-10-8-6-4-2)46-70-58-56(69)54(67)57(50(45-62)72-58)73-59-55(68)53(66)52(65)49(44-61)71-59/h14,16,32,34,40,42,47-50,52-59,61-63,65-69H,3-13,15,17-31,33,35-39,41,43-46H2,1-2H3,(H,60,64)/b16-14-,34-32+,42-40+. The van der Waals surface area contributed by atoms with Crippen LogP contribution in [0.15, 0.2) is 36.5 Å². The monoisotopic (exact) mass is 1040 g/mol. The molecule has 428 valence electrons. The molecule has 0 saturated carbocycles. The molecular weight excluding hydrogens is 931 g/mol. The molecule has 2 aliphatic rings. The molecule has 12 atom stereocenters. The molecule has 0 aromatic heterocycles. The minimum atomic E-state index is -1.79. The summed E-state index contributed by atoms with van der Waals surface area (Å²) in [4.78, 5) is 13.2. The van der Waals surface area contributed by atoms with Crippen LogP contribution in [-0.2, 0) is 23.7 Å². The van der Waals surface area contributed by atoms with Gasteiger partial charge in [0.25, 0.3) is 0 Å². The van der Waals surface area contributed by atoms with Crippen LogP contribution in [0.3, 0.4) is 0 Å². The largest absolute Gasteiger partial charge is 0.394 e. The van der Waals surface area contributed by atoms with Crippen molar-refractivity contribution in [3.8, 4) is 0 Å². The number of carbonyl (C=O) groups excluding carboxylic acids is 1. The van der Waals surface area contributed by atoms with Crippen molar-refractivity contribution >= 4 is 5.91 Å². The number of amides is 1. The third-order valence-corrected chi connectivity index (χ3v) is 14.5. The topological polar surface area (TPSA) is 228 Å². The zero-order chi connectivity index (χ0) is 53.2. The summed E-state index contributed by atoms with van der Waals surface area (Å²) in [5.41, 5.74) is 0. The Morgan fingerprint density at radius 2 is 0.877 bits per heavy atom. The molecule has 2 saturated heterocycles. The molecule has 0 aliphatic carbocycles. The Morgan fingerprint density at radius 1 is 0.479 bits per heavy atom. The molecule has 2 rings (SSSR count). The van der Waals surface area contributed by atoms with Crippen LogP contribution in [-0.4, -0.2) is 140 Å². The molecule has 12 unspecified atom stereocenters. The molecule has 9 N–H and O–H groups in total. The van der Waals surface area contributed by atoms with Gasteiger partial charge in [0.2, 0.25) is 5.91 Å². The third-order valence-electron chi connectivity index (χ3n) is 14.5. The van der Waals surface area contributed by atoms with E-state index in [1.54, 1.807) is 6.08 Å². The maximum Gasteiger partial charge on any atom is 0.220 e. The zero-order valence-electron chi connectivity index (χ0n) is 45.9. The van der Waals surface area contributed by atoms with Gasteiger partial charge in [-0.3, -0.25) is 4.79 Å². The van der Waals surface area contributed by atoms with Gasteiger partial charge in [-0.2, -0.15) is 0 Å². The number of hydrogen-bond donors (Lipinski definition) is 9. The Balaban J connectivity index is 1.75. The van der Waals surface area contributed by atoms with Crippen molar-refractivity contribution in [2.24, 2.45) is 0 Å². The Labute approximate surface area is 442 Å². The highest BCUT2D eigenvalue weighted by atomic mass is 16.7. The summed E-state index contributed by atoms with van der Waals surface area (Å²) < 4.78 is 22.7. The van der Waals surface area contributed by atoms with Gasteiger partial charge < -0.3 is 65.1 Å². The van der Waals surface area contributed by atoms with Gasteiger partial charge in [0.05, 0.1) is 32.0 Å². The van der Waals surface area contributed by atoms with E-state index in [0.717, 1.165) is 51.4 Å². The first-order valence-corrected chi connectivity index (χ1v) is 29.7. The van der Waals surface area contributed by atoms with Crippen molar-refractivity contribution in [3.63, 3.8) is 0 Å². The summed E-state index contributed by atoms with van der Waals surface area (Å²) in [5, 5.41) is 86.9. The Hall–Kier alpha value is -1.79. The van der Waals surface area contributed by atoms with Crippen molar-refractivity contribution in [1.82, 2.24) is 5.32 Å². The van der Waals surface area contributed by atoms with Crippen molar-refractivity contribution in [2.75, 3.05) is 19.8 Å². The molecule has 2 aliphatic heterocycles. The zero-order valence-corrected chi connectivity index (χ0v) is 45.9. The first kappa shape index (κ1) is 67.3. The second kappa shape index (κ2) is 45.3. The van der Waals surface area contributed by atoms with Crippen molar-refractivity contribution in [3.05, 3.63) is 36.5 Å². The first-order valence-electron chi connectivity index (χ1n) is 29.7. The number of aliphatic hydroxyl groups is 8. The van der Waals surface area contributed by atoms with Crippen LogP contribution in [0.4, 0.5) is 0 Å². The third kappa shape index (κ3) is 31.3. The predicted molar refractivity (Wildman–Crippen MR) is 291 cm³/mol. The van der Waals surface area contributed by atoms with Crippen molar-refractivity contribution < 1.29 is 64.6 Å². The molecule has 14 heteroatoms. The summed E-state index contributed by atoms with van der Waals surface area (Å²) in [5.74, 6) is -0.258. The highest BCUT2D eigenvalue weighted by Crippen LogP contribution is 2.30. The highest BCUT2D eigenvalue weighted by Gasteiger charge is 2.51. The summed E-state index contributed by atoms with van der Waals surface area (Å²) in [7, 11) is 0. The second-order valence-corrected chi connectivity index (χ2v) is 21.1. The van der Waals surface area contributed by atoms with Gasteiger partial charge in [-0.15, -0.1) is 0 Å². The number of allylic oxidation sites excluding steroid dienone is 5. The predicted octanol–water partition coefficient (Wildman–Crippen LogP) is 9.83. The molecule has 0 bridgehead atoms. The molecule has 2 heterocycles. The number of carbonyl (C=O) groups is 1. The molecule has 0 radical (unpaired) electrons. The van der Waals surface area contributed by atoms with Gasteiger partial charge in [0.1, 0.15) is 48.8 Å². The van der Waals surface area contributed by atoms with E-state index in [1.807, 2.05) is 6.08 Å². The normalized spacial score (nSPS) is 25.6. The SMILES string of the molecule is CCCCCC/C=C\CCCCCCCC(=O)NC(COC1OC(CO)C(OC2OC(CO)C(O)C(O)C2O)C(O)C1O)C(O)/C=C/CC/C=C/CCCCCCCCCCCCCCCCCCCCCC. The quantitative estimate of drug-likeness (QED) is 0.0205. The Bertz CT molecular complexity index is 1370. The molecule has 2 fully saturated rings. The average molecular weight is 1040 g/mol. The molecular formula is C59H109NO13. The second-order valence-electron chi connectivity index (χ2n) is 21.1. The molecule has 1 amide bonds. The van der Waals surface area contributed by atoms with E-state index < -0.39 is 86.8 Å².